The molecule has 26 heavy (non-hydrogen) atoms. The number of amides is 1. The summed E-state index contributed by atoms with van der Waals surface area (Å²) in [6, 6.07) is 14.1. The molecule has 0 aromatic heterocycles. The van der Waals surface area contributed by atoms with Crippen molar-refractivity contribution in [2.24, 2.45) is 5.92 Å². The molecular weight excluding hydrogens is 343 g/mol. The molecule has 0 heterocycles. The number of alkyl halides is 3. The third-order valence-corrected chi connectivity index (χ3v) is 4.77. The normalized spacial score (nSPS) is 20.9. The molecule has 2 N–H and O–H groups in total. The minimum atomic E-state index is -4.49. The number of carbonyl (C=O) groups is 1. The van der Waals surface area contributed by atoms with E-state index in [9.17, 15) is 23.1 Å². The average Bonchev–Trinajstić information content (AvgIpc) is 2.57. The van der Waals surface area contributed by atoms with E-state index in [2.05, 4.69) is 5.32 Å². The highest BCUT2D eigenvalue weighted by Crippen LogP contribution is 2.38. The molecule has 1 atom stereocenters. The Morgan fingerprint density at radius 1 is 1.08 bits per heavy atom. The first-order valence-corrected chi connectivity index (χ1v) is 8.52. The molecule has 1 aliphatic carbocycles. The Morgan fingerprint density at radius 2 is 1.69 bits per heavy atom. The van der Waals surface area contributed by atoms with E-state index in [4.69, 9.17) is 0 Å². The summed E-state index contributed by atoms with van der Waals surface area (Å²) >= 11 is 0. The van der Waals surface area contributed by atoms with Crippen molar-refractivity contribution in [2.75, 3.05) is 0 Å². The monoisotopic (exact) mass is 363 g/mol. The van der Waals surface area contributed by atoms with Crippen LogP contribution in [0.5, 0.6) is 0 Å². The predicted molar refractivity (Wildman–Crippen MR) is 91.2 cm³/mol. The molecule has 2 aromatic carbocycles. The van der Waals surface area contributed by atoms with Gasteiger partial charge in [0.2, 0.25) is 5.91 Å². The molecule has 0 radical (unpaired) electrons. The number of carbonyl (C=O) groups excluding carboxylic acids is 1. The van der Waals surface area contributed by atoms with Crippen molar-refractivity contribution in [1.29, 1.82) is 0 Å². The molecule has 1 aliphatic rings. The Labute approximate surface area is 149 Å². The lowest BCUT2D eigenvalue weighted by Gasteiger charge is -2.38. The second-order valence-electron chi connectivity index (χ2n) is 6.67. The van der Waals surface area contributed by atoms with Crippen molar-refractivity contribution >= 4 is 5.91 Å². The van der Waals surface area contributed by atoms with Crippen molar-refractivity contribution in [3.63, 3.8) is 0 Å². The van der Waals surface area contributed by atoms with E-state index in [1.54, 1.807) is 0 Å². The number of hydrogen-bond acceptors (Lipinski definition) is 2. The van der Waals surface area contributed by atoms with Gasteiger partial charge in [-0.25, -0.2) is 0 Å². The second kappa shape index (κ2) is 7.50. The number of aliphatic hydroxyl groups excluding tert-OH is 1. The zero-order chi connectivity index (χ0) is 18.7. The van der Waals surface area contributed by atoms with Crippen LogP contribution >= 0.6 is 0 Å². The minimum Gasteiger partial charge on any atom is -0.393 e. The number of benzene rings is 2. The second-order valence-corrected chi connectivity index (χ2v) is 6.67. The van der Waals surface area contributed by atoms with Crippen LogP contribution in [0.15, 0.2) is 54.6 Å². The number of rotatable bonds is 5. The van der Waals surface area contributed by atoms with E-state index in [-0.39, 0.29) is 30.0 Å². The van der Waals surface area contributed by atoms with Crippen LogP contribution < -0.4 is 5.32 Å². The molecule has 0 bridgehead atoms. The molecule has 0 spiro atoms. The molecule has 1 saturated carbocycles. The lowest BCUT2D eigenvalue weighted by molar-refractivity contribution is -0.138. The van der Waals surface area contributed by atoms with Gasteiger partial charge in [-0.3, -0.25) is 4.79 Å². The third-order valence-electron chi connectivity index (χ3n) is 4.77. The molecule has 138 valence electrons. The summed E-state index contributed by atoms with van der Waals surface area (Å²) in [5, 5.41) is 12.4. The van der Waals surface area contributed by atoms with Gasteiger partial charge in [-0.1, -0.05) is 48.5 Å². The van der Waals surface area contributed by atoms with Crippen molar-refractivity contribution in [3.05, 3.63) is 71.3 Å². The Kier molecular flexibility index (Phi) is 5.32. The van der Waals surface area contributed by atoms with E-state index in [1.807, 2.05) is 30.3 Å². The largest absolute Gasteiger partial charge is 0.416 e. The Hall–Kier alpha value is -2.34. The fourth-order valence-electron chi connectivity index (χ4n) is 3.38. The molecule has 1 unspecified atom stereocenters. The first-order valence-electron chi connectivity index (χ1n) is 8.52. The van der Waals surface area contributed by atoms with Crippen LogP contribution in [0.2, 0.25) is 0 Å². The quantitative estimate of drug-likeness (QED) is 0.847. The van der Waals surface area contributed by atoms with Gasteiger partial charge in [0.05, 0.1) is 24.1 Å². The van der Waals surface area contributed by atoms with Gasteiger partial charge < -0.3 is 10.4 Å². The molecule has 1 amide bonds. The summed E-state index contributed by atoms with van der Waals surface area (Å²) in [6.45, 7) is 0. The summed E-state index contributed by atoms with van der Waals surface area (Å²) in [7, 11) is 0. The van der Waals surface area contributed by atoms with Gasteiger partial charge in [-0.2, -0.15) is 13.2 Å². The van der Waals surface area contributed by atoms with E-state index >= 15 is 0 Å². The van der Waals surface area contributed by atoms with Gasteiger partial charge >= 0.3 is 6.18 Å². The fourth-order valence-corrected chi connectivity index (χ4v) is 3.38. The SMILES string of the molecule is O=C(Cc1ccccc1C(F)(F)F)NC(c1ccccc1)C1CC(O)C1. The van der Waals surface area contributed by atoms with Gasteiger partial charge in [-0.05, 0) is 36.0 Å². The molecule has 6 heteroatoms. The minimum absolute atomic E-state index is 0.0436. The van der Waals surface area contributed by atoms with Crippen LogP contribution in [0.4, 0.5) is 13.2 Å². The maximum atomic E-state index is 13.1. The maximum Gasteiger partial charge on any atom is 0.416 e. The lowest BCUT2D eigenvalue weighted by Crippen LogP contribution is -2.42. The van der Waals surface area contributed by atoms with Gasteiger partial charge in [0, 0.05) is 0 Å². The van der Waals surface area contributed by atoms with E-state index < -0.39 is 17.6 Å². The van der Waals surface area contributed by atoms with Crippen LogP contribution in [0.3, 0.4) is 0 Å². The number of hydrogen-bond donors (Lipinski definition) is 2. The van der Waals surface area contributed by atoms with Crippen molar-refractivity contribution in [2.45, 2.75) is 37.6 Å². The number of halogens is 3. The molecule has 1 fully saturated rings. The van der Waals surface area contributed by atoms with Crippen LogP contribution in [0.25, 0.3) is 0 Å². The van der Waals surface area contributed by atoms with Gasteiger partial charge in [0.25, 0.3) is 0 Å². The van der Waals surface area contributed by atoms with Crippen LogP contribution in [-0.2, 0) is 17.4 Å². The Balaban J connectivity index is 1.75. The maximum absolute atomic E-state index is 13.1. The standard InChI is InChI=1S/C20H20F3NO2/c21-20(22,23)17-9-5-4-8-14(17)12-18(26)24-19(15-10-16(25)11-15)13-6-2-1-3-7-13/h1-9,15-16,19,25H,10-12H2,(H,24,26). The topological polar surface area (TPSA) is 49.3 Å². The highest BCUT2D eigenvalue weighted by molar-refractivity contribution is 5.79. The van der Waals surface area contributed by atoms with Crippen molar-refractivity contribution in [3.8, 4) is 0 Å². The first kappa shape index (κ1) is 18.5. The van der Waals surface area contributed by atoms with Crippen molar-refractivity contribution < 1.29 is 23.1 Å². The van der Waals surface area contributed by atoms with E-state index in [0.717, 1.165) is 11.6 Å². The zero-order valence-electron chi connectivity index (χ0n) is 14.0. The van der Waals surface area contributed by atoms with Gasteiger partial charge in [0.1, 0.15) is 0 Å². The Bertz CT molecular complexity index is 755. The molecule has 0 aliphatic heterocycles. The highest BCUT2D eigenvalue weighted by atomic mass is 19.4. The molecule has 0 saturated heterocycles. The average molecular weight is 363 g/mol. The van der Waals surface area contributed by atoms with Crippen molar-refractivity contribution in [1.82, 2.24) is 5.32 Å². The molecule has 3 nitrogen and oxygen atoms in total. The number of nitrogens with one attached hydrogen (secondary N) is 1. The third kappa shape index (κ3) is 4.25. The summed E-state index contributed by atoms with van der Waals surface area (Å²) < 4.78 is 39.3. The molecule has 3 rings (SSSR count). The predicted octanol–water partition coefficient (Wildman–Crippen LogP) is 3.88. The van der Waals surface area contributed by atoms with Crippen LogP contribution in [0.1, 0.15) is 35.6 Å². The molecule has 2 aromatic rings. The van der Waals surface area contributed by atoms with Gasteiger partial charge in [-0.15, -0.1) is 0 Å². The van der Waals surface area contributed by atoms with E-state index in [0.29, 0.717) is 12.8 Å². The molecular formula is C20H20F3NO2. The van der Waals surface area contributed by atoms with Crippen LogP contribution in [0, 0.1) is 5.92 Å². The van der Waals surface area contributed by atoms with E-state index in [1.165, 1.54) is 18.2 Å². The number of aliphatic hydroxyl groups is 1. The zero-order valence-corrected chi connectivity index (χ0v) is 14.0. The summed E-state index contributed by atoms with van der Waals surface area (Å²) in [5.74, 6) is -0.383. The summed E-state index contributed by atoms with van der Waals surface area (Å²) in [4.78, 5) is 12.5. The summed E-state index contributed by atoms with van der Waals surface area (Å²) in [6.07, 6.45) is -4.07. The summed E-state index contributed by atoms with van der Waals surface area (Å²) in [5.41, 5.74) is 0.0605. The van der Waals surface area contributed by atoms with Gasteiger partial charge in [0.15, 0.2) is 0 Å². The Morgan fingerprint density at radius 3 is 2.31 bits per heavy atom. The van der Waals surface area contributed by atoms with Crippen LogP contribution in [-0.4, -0.2) is 17.1 Å². The first-order chi connectivity index (χ1) is 12.3. The highest BCUT2D eigenvalue weighted by Gasteiger charge is 2.36. The lowest BCUT2D eigenvalue weighted by atomic mass is 9.75. The fraction of sp³-hybridized carbons (Fsp3) is 0.350. The smallest absolute Gasteiger partial charge is 0.393 e.